The first-order valence-electron chi connectivity index (χ1n) is 10.1. The number of carbonyl (C=O) groups is 4. The van der Waals surface area contributed by atoms with Crippen molar-refractivity contribution in [3.63, 3.8) is 0 Å². The SMILES string of the molecule is CCNC(=O)[C@@H]1CCCN1C(=O)C(C)N(C(=O)[C@@H]1CCC(=O)N1)c1ccccn1. The highest BCUT2D eigenvalue weighted by Gasteiger charge is 2.41. The zero-order valence-electron chi connectivity index (χ0n) is 16.8. The fourth-order valence-electron chi connectivity index (χ4n) is 3.91. The molecule has 2 fully saturated rings. The number of aromatic nitrogens is 1. The lowest BCUT2D eigenvalue weighted by Gasteiger charge is -2.33. The molecule has 0 radical (unpaired) electrons. The predicted molar refractivity (Wildman–Crippen MR) is 106 cm³/mol. The van der Waals surface area contributed by atoms with Crippen LogP contribution in [0.15, 0.2) is 24.4 Å². The maximum absolute atomic E-state index is 13.3. The number of nitrogens with zero attached hydrogens (tertiary/aromatic N) is 3. The van der Waals surface area contributed by atoms with Gasteiger partial charge in [0.15, 0.2) is 0 Å². The first-order chi connectivity index (χ1) is 13.9. The fraction of sp³-hybridized carbons (Fsp3) is 0.550. The Morgan fingerprint density at radius 3 is 2.76 bits per heavy atom. The average molecular weight is 401 g/mol. The summed E-state index contributed by atoms with van der Waals surface area (Å²) in [6.45, 7) is 4.43. The summed E-state index contributed by atoms with van der Waals surface area (Å²) in [6, 6.07) is 3.05. The van der Waals surface area contributed by atoms with Gasteiger partial charge in [-0.25, -0.2) is 4.98 Å². The lowest BCUT2D eigenvalue weighted by molar-refractivity contribution is -0.140. The maximum Gasteiger partial charge on any atom is 0.251 e. The minimum absolute atomic E-state index is 0.177. The third kappa shape index (κ3) is 4.38. The zero-order chi connectivity index (χ0) is 21.0. The molecule has 2 aliphatic rings. The van der Waals surface area contributed by atoms with Crippen LogP contribution in [0.1, 0.15) is 39.5 Å². The first-order valence-corrected chi connectivity index (χ1v) is 10.1. The van der Waals surface area contributed by atoms with Crippen LogP contribution in [0.3, 0.4) is 0 Å². The van der Waals surface area contributed by atoms with Crippen LogP contribution in [0.2, 0.25) is 0 Å². The highest BCUT2D eigenvalue weighted by Crippen LogP contribution is 2.24. The minimum atomic E-state index is -0.857. The van der Waals surface area contributed by atoms with Crippen LogP contribution in [-0.4, -0.2) is 64.7 Å². The molecule has 9 nitrogen and oxygen atoms in total. The predicted octanol–water partition coefficient (Wildman–Crippen LogP) is 0.209. The summed E-state index contributed by atoms with van der Waals surface area (Å²) in [6.07, 6.45) is 3.54. The van der Waals surface area contributed by atoms with E-state index in [2.05, 4.69) is 15.6 Å². The van der Waals surface area contributed by atoms with Gasteiger partial charge in [0, 0.05) is 25.7 Å². The molecule has 0 aliphatic carbocycles. The number of hydrogen-bond acceptors (Lipinski definition) is 5. The molecule has 3 heterocycles. The molecule has 2 saturated heterocycles. The van der Waals surface area contributed by atoms with Gasteiger partial charge >= 0.3 is 0 Å². The summed E-state index contributed by atoms with van der Waals surface area (Å²) in [5.74, 6) is -0.692. The molecule has 3 atom stereocenters. The molecule has 3 rings (SSSR count). The molecule has 0 spiro atoms. The summed E-state index contributed by atoms with van der Waals surface area (Å²) in [5.41, 5.74) is 0. The number of rotatable bonds is 6. The van der Waals surface area contributed by atoms with Gasteiger partial charge in [0.2, 0.25) is 17.7 Å². The Morgan fingerprint density at radius 1 is 1.34 bits per heavy atom. The molecule has 2 N–H and O–H groups in total. The molecule has 29 heavy (non-hydrogen) atoms. The van der Waals surface area contributed by atoms with Crippen molar-refractivity contribution in [3.05, 3.63) is 24.4 Å². The van der Waals surface area contributed by atoms with E-state index in [1.165, 1.54) is 4.90 Å². The molecular formula is C20H27N5O4. The van der Waals surface area contributed by atoms with Crippen LogP contribution in [0.25, 0.3) is 0 Å². The van der Waals surface area contributed by atoms with E-state index in [4.69, 9.17) is 0 Å². The van der Waals surface area contributed by atoms with E-state index >= 15 is 0 Å². The van der Waals surface area contributed by atoms with Gasteiger partial charge in [0.25, 0.3) is 5.91 Å². The normalized spacial score (nSPS) is 22.1. The number of likely N-dealkylation sites (tertiary alicyclic amines) is 1. The van der Waals surface area contributed by atoms with Crippen LogP contribution in [-0.2, 0) is 19.2 Å². The Kier molecular flexibility index (Phi) is 6.46. The number of pyridine rings is 1. The molecule has 4 amide bonds. The number of nitrogens with one attached hydrogen (secondary N) is 2. The number of anilines is 1. The van der Waals surface area contributed by atoms with Crippen LogP contribution < -0.4 is 15.5 Å². The Labute approximate surface area is 169 Å². The lowest BCUT2D eigenvalue weighted by Crippen LogP contribution is -2.56. The largest absolute Gasteiger partial charge is 0.355 e. The van der Waals surface area contributed by atoms with Crippen LogP contribution in [0.5, 0.6) is 0 Å². The summed E-state index contributed by atoms with van der Waals surface area (Å²) in [4.78, 5) is 57.6. The highest BCUT2D eigenvalue weighted by molar-refractivity contribution is 6.05. The number of amides is 4. The van der Waals surface area contributed by atoms with Crippen molar-refractivity contribution < 1.29 is 19.2 Å². The molecule has 2 aliphatic heterocycles. The van der Waals surface area contributed by atoms with Gasteiger partial charge in [0.05, 0.1) is 0 Å². The molecular weight excluding hydrogens is 374 g/mol. The van der Waals surface area contributed by atoms with Gasteiger partial charge in [-0.15, -0.1) is 0 Å². The smallest absolute Gasteiger partial charge is 0.251 e. The first kappa shape index (κ1) is 20.8. The Balaban J connectivity index is 1.85. The van der Waals surface area contributed by atoms with Crippen LogP contribution >= 0.6 is 0 Å². The molecule has 1 aromatic rings. The second kappa shape index (κ2) is 9.02. The van der Waals surface area contributed by atoms with Gasteiger partial charge in [-0.3, -0.25) is 24.1 Å². The lowest BCUT2D eigenvalue weighted by atomic mass is 10.1. The molecule has 156 valence electrons. The van der Waals surface area contributed by atoms with E-state index in [-0.39, 0.29) is 30.0 Å². The third-order valence-corrected chi connectivity index (χ3v) is 5.36. The van der Waals surface area contributed by atoms with Crippen LogP contribution in [0.4, 0.5) is 5.82 Å². The standard InChI is InChI=1S/C20H27N5O4/c1-3-21-18(27)15-7-6-12-24(15)19(28)13(2)25(16-8-4-5-11-22-16)20(29)14-9-10-17(26)23-14/h4-5,8,11,13-15H,3,6-7,9-10,12H2,1-2H3,(H,21,27)(H,23,26)/t13?,14-,15-/m0/s1. The Morgan fingerprint density at radius 2 is 2.14 bits per heavy atom. The molecule has 0 saturated carbocycles. The monoisotopic (exact) mass is 401 g/mol. The number of hydrogen-bond donors (Lipinski definition) is 2. The van der Waals surface area contributed by atoms with E-state index in [0.717, 1.165) is 6.42 Å². The van der Waals surface area contributed by atoms with E-state index in [9.17, 15) is 19.2 Å². The summed E-state index contributed by atoms with van der Waals surface area (Å²) in [7, 11) is 0. The Hall–Kier alpha value is -2.97. The van der Waals surface area contributed by atoms with Crippen molar-refractivity contribution in [3.8, 4) is 0 Å². The second-order valence-electron chi connectivity index (χ2n) is 7.32. The minimum Gasteiger partial charge on any atom is -0.355 e. The van der Waals surface area contributed by atoms with Crippen molar-refractivity contribution in [2.45, 2.75) is 57.7 Å². The molecule has 1 unspecified atom stereocenters. The number of carbonyl (C=O) groups excluding carboxylic acids is 4. The topological polar surface area (TPSA) is 112 Å². The summed E-state index contributed by atoms with van der Waals surface area (Å²) >= 11 is 0. The van der Waals surface area contributed by atoms with Gasteiger partial charge in [-0.1, -0.05) is 6.07 Å². The highest BCUT2D eigenvalue weighted by atomic mass is 16.2. The summed E-state index contributed by atoms with van der Waals surface area (Å²) < 4.78 is 0. The van der Waals surface area contributed by atoms with Gasteiger partial charge < -0.3 is 15.5 Å². The van der Waals surface area contributed by atoms with Crippen molar-refractivity contribution in [1.82, 2.24) is 20.5 Å². The molecule has 1 aromatic heterocycles. The molecule has 9 heteroatoms. The van der Waals surface area contributed by atoms with E-state index < -0.39 is 18.1 Å². The van der Waals surface area contributed by atoms with Gasteiger partial charge in [-0.2, -0.15) is 0 Å². The van der Waals surface area contributed by atoms with Crippen molar-refractivity contribution >= 4 is 29.4 Å². The third-order valence-electron chi connectivity index (χ3n) is 5.36. The zero-order valence-corrected chi connectivity index (χ0v) is 16.8. The van der Waals surface area contributed by atoms with Crippen molar-refractivity contribution in [1.29, 1.82) is 0 Å². The van der Waals surface area contributed by atoms with E-state index in [0.29, 0.717) is 31.7 Å². The van der Waals surface area contributed by atoms with E-state index in [1.54, 1.807) is 36.2 Å². The van der Waals surface area contributed by atoms with E-state index in [1.807, 2.05) is 6.92 Å². The second-order valence-corrected chi connectivity index (χ2v) is 7.32. The fourth-order valence-corrected chi connectivity index (χ4v) is 3.91. The van der Waals surface area contributed by atoms with Crippen molar-refractivity contribution in [2.75, 3.05) is 18.0 Å². The number of likely N-dealkylation sites (N-methyl/N-ethyl adjacent to an activating group) is 1. The molecule has 0 aromatic carbocycles. The van der Waals surface area contributed by atoms with Crippen LogP contribution in [0, 0.1) is 0 Å². The maximum atomic E-state index is 13.3. The average Bonchev–Trinajstić information content (AvgIpc) is 3.37. The quantitative estimate of drug-likeness (QED) is 0.708. The van der Waals surface area contributed by atoms with Gasteiger partial charge in [0.1, 0.15) is 23.9 Å². The summed E-state index contributed by atoms with van der Waals surface area (Å²) in [5, 5.41) is 5.44. The molecule has 0 bridgehead atoms. The van der Waals surface area contributed by atoms with Gasteiger partial charge in [-0.05, 0) is 45.2 Å². The van der Waals surface area contributed by atoms with Crippen molar-refractivity contribution in [2.24, 2.45) is 0 Å². The Bertz CT molecular complexity index is 784.